The number of phenolic OH excluding ortho intramolecular Hbond substituents is 1. The molecule has 0 bridgehead atoms. The van der Waals surface area contributed by atoms with Crippen molar-refractivity contribution in [2.45, 2.75) is 12.4 Å². The van der Waals surface area contributed by atoms with E-state index in [0.717, 1.165) is 18.2 Å². The average Bonchev–Trinajstić information content (AvgIpc) is 2.46. The van der Waals surface area contributed by atoms with Gasteiger partial charge in [0.15, 0.2) is 6.23 Å². The van der Waals surface area contributed by atoms with E-state index in [-0.39, 0.29) is 17.0 Å². The first-order valence-corrected chi connectivity index (χ1v) is 6.32. The van der Waals surface area contributed by atoms with Crippen LogP contribution in [0.25, 0.3) is 0 Å². The van der Waals surface area contributed by atoms with Crippen molar-refractivity contribution in [3.05, 3.63) is 59.2 Å². The minimum Gasteiger partial charge on any atom is -0.508 e. The summed E-state index contributed by atoms with van der Waals surface area (Å²) in [4.78, 5) is 11.9. The van der Waals surface area contributed by atoms with Crippen molar-refractivity contribution in [3.8, 4) is 5.75 Å². The molecule has 114 valence electrons. The monoisotopic (exact) mass is 309 g/mol. The van der Waals surface area contributed by atoms with Gasteiger partial charge >= 0.3 is 12.1 Å². The Morgan fingerprint density at radius 2 is 1.77 bits per heavy atom. The number of halogens is 3. The number of nitrogens with one attached hydrogen (secondary N) is 1. The Bertz CT molecular complexity index is 726. The van der Waals surface area contributed by atoms with E-state index in [1.54, 1.807) is 0 Å². The molecule has 2 aromatic rings. The van der Waals surface area contributed by atoms with Crippen molar-refractivity contribution in [1.29, 1.82) is 0 Å². The van der Waals surface area contributed by atoms with Gasteiger partial charge in [-0.3, -0.25) is 0 Å². The lowest BCUT2D eigenvalue weighted by atomic mass is 10.1. The zero-order chi connectivity index (χ0) is 15.9. The number of alkyl halides is 3. The number of fused-ring (bicyclic) bond motifs is 1. The fourth-order valence-electron chi connectivity index (χ4n) is 2.16. The molecule has 7 heteroatoms. The van der Waals surface area contributed by atoms with Crippen molar-refractivity contribution >= 4 is 11.7 Å². The van der Waals surface area contributed by atoms with Crippen LogP contribution in [0.3, 0.4) is 0 Å². The van der Waals surface area contributed by atoms with E-state index < -0.39 is 23.9 Å². The van der Waals surface area contributed by atoms with Gasteiger partial charge in [-0.15, -0.1) is 0 Å². The fraction of sp³-hybridized carbons (Fsp3) is 0.133. The molecule has 0 unspecified atom stereocenters. The maximum Gasteiger partial charge on any atom is 0.416 e. The van der Waals surface area contributed by atoms with Crippen LogP contribution in [0.1, 0.15) is 27.7 Å². The minimum absolute atomic E-state index is 0.0330. The van der Waals surface area contributed by atoms with Gasteiger partial charge in [0.05, 0.1) is 16.8 Å². The predicted molar refractivity (Wildman–Crippen MR) is 71.3 cm³/mol. The molecular weight excluding hydrogens is 299 g/mol. The van der Waals surface area contributed by atoms with E-state index in [0.29, 0.717) is 5.56 Å². The quantitative estimate of drug-likeness (QED) is 0.789. The van der Waals surface area contributed by atoms with Crippen molar-refractivity contribution in [2.75, 3.05) is 5.32 Å². The first-order chi connectivity index (χ1) is 10.3. The zero-order valence-corrected chi connectivity index (χ0v) is 11.0. The molecule has 0 aromatic heterocycles. The molecular formula is C15H10F3NO3. The number of esters is 1. The van der Waals surface area contributed by atoms with Gasteiger partial charge in [0.1, 0.15) is 5.75 Å². The van der Waals surface area contributed by atoms with Gasteiger partial charge in [0.2, 0.25) is 0 Å². The van der Waals surface area contributed by atoms with Crippen LogP contribution in [-0.4, -0.2) is 11.1 Å². The second-order valence-electron chi connectivity index (χ2n) is 4.78. The summed E-state index contributed by atoms with van der Waals surface area (Å²) in [5, 5.41) is 12.0. The Morgan fingerprint density at radius 1 is 1.09 bits per heavy atom. The Kier molecular flexibility index (Phi) is 3.20. The van der Waals surface area contributed by atoms with Crippen LogP contribution in [0, 0.1) is 0 Å². The van der Waals surface area contributed by atoms with Crippen LogP contribution >= 0.6 is 0 Å². The van der Waals surface area contributed by atoms with E-state index in [9.17, 15) is 23.1 Å². The summed E-state index contributed by atoms with van der Waals surface area (Å²) < 4.78 is 43.4. The number of carbonyl (C=O) groups excluding carboxylic acids is 1. The van der Waals surface area contributed by atoms with Gasteiger partial charge in [-0.25, -0.2) is 4.79 Å². The summed E-state index contributed by atoms with van der Waals surface area (Å²) in [5.74, 6) is -0.675. The molecule has 0 saturated carbocycles. The second kappa shape index (κ2) is 4.94. The number of hydrogen-bond donors (Lipinski definition) is 2. The number of benzene rings is 2. The van der Waals surface area contributed by atoms with Gasteiger partial charge in [-0.1, -0.05) is 0 Å². The van der Waals surface area contributed by atoms with Gasteiger partial charge in [0.25, 0.3) is 0 Å². The molecule has 2 aromatic carbocycles. The van der Waals surface area contributed by atoms with E-state index in [1.165, 1.54) is 24.3 Å². The molecule has 4 nitrogen and oxygen atoms in total. The van der Waals surface area contributed by atoms with Crippen molar-refractivity contribution in [1.82, 2.24) is 0 Å². The number of cyclic esters (lactones) is 1. The number of aromatic hydroxyl groups is 1. The highest BCUT2D eigenvalue weighted by Crippen LogP contribution is 2.36. The molecule has 2 N–H and O–H groups in total. The highest BCUT2D eigenvalue weighted by Gasteiger charge is 2.34. The molecule has 1 aliphatic rings. The molecule has 0 saturated heterocycles. The fourth-order valence-corrected chi connectivity index (χ4v) is 2.16. The molecule has 1 aliphatic heterocycles. The number of rotatable bonds is 1. The lowest BCUT2D eigenvalue weighted by Gasteiger charge is -2.27. The third-order valence-corrected chi connectivity index (χ3v) is 3.27. The molecule has 0 aliphatic carbocycles. The molecule has 1 atom stereocenters. The largest absolute Gasteiger partial charge is 0.508 e. The first-order valence-electron chi connectivity index (χ1n) is 6.32. The zero-order valence-electron chi connectivity index (χ0n) is 11.0. The number of phenols is 1. The second-order valence-corrected chi connectivity index (χ2v) is 4.78. The third kappa shape index (κ3) is 2.57. The Labute approximate surface area is 123 Å². The highest BCUT2D eigenvalue weighted by molar-refractivity contribution is 5.97. The van der Waals surface area contributed by atoms with Crippen LogP contribution in [0.5, 0.6) is 5.75 Å². The lowest BCUT2D eigenvalue weighted by molar-refractivity contribution is -0.137. The normalized spacial score (nSPS) is 17.4. The van der Waals surface area contributed by atoms with Gasteiger partial charge in [-0.2, -0.15) is 13.2 Å². The number of hydrogen-bond acceptors (Lipinski definition) is 4. The standard InChI is InChI=1S/C15H10F3NO3/c16-15(17,18)9-3-6-11-12(7-9)19-13(22-14(11)21)8-1-4-10(20)5-2-8/h1-7,13,19-20H/t13-/m1/s1. The van der Waals surface area contributed by atoms with E-state index >= 15 is 0 Å². The van der Waals surface area contributed by atoms with Crippen LogP contribution in [0.15, 0.2) is 42.5 Å². The van der Waals surface area contributed by atoms with Crippen LogP contribution < -0.4 is 5.32 Å². The summed E-state index contributed by atoms with van der Waals surface area (Å²) in [7, 11) is 0. The molecule has 0 spiro atoms. The minimum atomic E-state index is -4.49. The SMILES string of the molecule is O=C1O[C@H](c2ccc(O)cc2)Nc2cc(C(F)(F)F)ccc21. The average molecular weight is 309 g/mol. The van der Waals surface area contributed by atoms with Crippen molar-refractivity contribution in [2.24, 2.45) is 0 Å². The van der Waals surface area contributed by atoms with E-state index in [2.05, 4.69) is 5.32 Å². The first kappa shape index (κ1) is 14.2. The Morgan fingerprint density at radius 3 is 2.41 bits per heavy atom. The molecule has 3 rings (SSSR count). The number of ether oxygens (including phenoxy) is 1. The number of carbonyl (C=O) groups is 1. The predicted octanol–water partition coefficient (Wildman–Crippen LogP) is 3.69. The summed E-state index contributed by atoms with van der Waals surface area (Å²) in [5.41, 5.74) is -0.237. The van der Waals surface area contributed by atoms with Crippen LogP contribution in [0.4, 0.5) is 18.9 Å². The lowest BCUT2D eigenvalue weighted by Crippen LogP contribution is -2.26. The van der Waals surface area contributed by atoms with Gasteiger partial charge in [-0.05, 0) is 42.5 Å². The van der Waals surface area contributed by atoms with Crippen molar-refractivity contribution in [3.63, 3.8) is 0 Å². The summed E-state index contributed by atoms with van der Waals surface area (Å²) in [6.45, 7) is 0. The third-order valence-electron chi connectivity index (χ3n) is 3.27. The molecule has 0 radical (unpaired) electrons. The topological polar surface area (TPSA) is 58.6 Å². The van der Waals surface area contributed by atoms with Crippen LogP contribution in [0.2, 0.25) is 0 Å². The van der Waals surface area contributed by atoms with Crippen LogP contribution in [-0.2, 0) is 10.9 Å². The Hall–Kier alpha value is -2.70. The Balaban J connectivity index is 1.96. The summed E-state index contributed by atoms with van der Waals surface area (Å²) in [6.07, 6.45) is -5.41. The molecule has 0 amide bonds. The maximum atomic E-state index is 12.7. The summed E-state index contributed by atoms with van der Waals surface area (Å²) >= 11 is 0. The molecule has 22 heavy (non-hydrogen) atoms. The molecule has 0 fully saturated rings. The van der Waals surface area contributed by atoms with E-state index in [4.69, 9.17) is 4.74 Å². The highest BCUT2D eigenvalue weighted by atomic mass is 19.4. The van der Waals surface area contributed by atoms with Gasteiger partial charge in [0, 0.05) is 5.56 Å². The maximum absolute atomic E-state index is 12.7. The smallest absolute Gasteiger partial charge is 0.416 e. The summed E-state index contributed by atoms with van der Waals surface area (Å²) in [6, 6.07) is 8.61. The van der Waals surface area contributed by atoms with Crippen molar-refractivity contribution < 1.29 is 27.8 Å². The van der Waals surface area contributed by atoms with Gasteiger partial charge < -0.3 is 15.2 Å². The van der Waals surface area contributed by atoms with E-state index in [1.807, 2.05) is 0 Å². The number of anilines is 1. The molecule has 1 heterocycles.